The molecule has 6 heteroatoms. The number of nitrogens with zero attached hydrogens (tertiary/aromatic N) is 1. The summed E-state index contributed by atoms with van der Waals surface area (Å²) in [5.41, 5.74) is 3.80. The number of methoxy groups -OCH3 is 1. The summed E-state index contributed by atoms with van der Waals surface area (Å²) in [6, 6.07) is 13.2. The molecule has 2 amide bonds. The average molecular weight is 411 g/mol. The molecule has 1 heterocycles. The Labute approximate surface area is 178 Å². The van der Waals surface area contributed by atoms with Crippen LogP contribution in [-0.2, 0) is 20.7 Å². The van der Waals surface area contributed by atoms with Crippen molar-refractivity contribution in [1.82, 2.24) is 4.90 Å². The predicted octanol–water partition coefficient (Wildman–Crippen LogP) is 3.50. The molecule has 0 aliphatic carbocycles. The maximum atomic E-state index is 13.0. The molecule has 0 radical (unpaired) electrons. The molecule has 1 aliphatic heterocycles. The molecule has 30 heavy (non-hydrogen) atoms. The first kappa shape index (κ1) is 21.8. The van der Waals surface area contributed by atoms with Crippen LogP contribution in [0.25, 0.3) is 0 Å². The summed E-state index contributed by atoms with van der Waals surface area (Å²) >= 11 is 0. The highest BCUT2D eigenvalue weighted by Crippen LogP contribution is 2.19. The number of benzene rings is 2. The lowest BCUT2D eigenvalue weighted by molar-refractivity contribution is -0.135. The third-order valence-electron chi connectivity index (χ3n) is 5.53. The van der Waals surface area contributed by atoms with E-state index in [-0.39, 0.29) is 30.9 Å². The van der Waals surface area contributed by atoms with Crippen LogP contribution in [0.5, 0.6) is 5.75 Å². The van der Waals surface area contributed by atoms with Crippen LogP contribution >= 0.6 is 0 Å². The van der Waals surface area contributed by atoms with Crippen molar-refractivity contribution in [3.05, 3.63) is 59.2 Å². The minimum atomic E-state index is -0.204. The van der Waals surface area contributed by atoms with Crippen molar-refractivity contribution in [2.24, 2.45) is 0 Å². The molecular formula is C24H30N2O4. The number of aryl methyl sites for hydroxylation is 1. The summed E-state index contributed by atoms with van der Waals surface area (Å²) in [5, 5.41) is 2.95. The minimum Gasteiger partial charge on any atom is -0.497 e. The monoisotopic (exact) mass is 410 g/mol. The number of hydrogen-bond acceptors (Lipinski definition) is 4. The van der Waals surface area contributed by atoms with Gasteiger partial charge in [0.15, 0.2) is 0 Å². The van der Waals surface area contributed by atoms with Gasteiger partial charge in [0, 0.05) is 18.8 Å². The molecule has 160 valence electrons. The standard InChI is InChI=1S/C24H30N2O4/c1-17-6-4-8-22(18(17)2)25-23(27)16-26(15-21-7-5-13-30-21)24(28)14-19-9-11-20(29-3)12-10-19/h4,6,8-12,21H,5,7,13-16H2,1-3H3,(H,25,27). The molecular weight excluding hydrogens is 380 g/mol. The minimum absolute atomic E-state index is 0.00221. The zero-order valence-electron chi connectivity index (χ0n) is 17.9. The van der Waals surface area contributed by atoms with Crippen LogP contribution in [0.15, 0.2) is 42.5 Å². The van der Waals surface area contributed by atoms with Gasteiger partial charge in [-0.15, -0.1) is 0 Å². The molecule has 6 nitrogen and oxygen atoms in total. The Kier molecular flexibility index (Phi) is 7.46. The number of carbonyl (C=O) groups excluding carboxylic acids is 2. The van der Waals surface area contributed by atoms with Gasteiger partial charge >= 0.3 is 0 Å². The van der Waals surface area contributed by atoms with E-state index >= 15 is 0 Å². The number of rotatable bonds is 8. The van der Waals surface area contributed by atoms with E-state index in [0.29, 0.717) is 13.2 Å². The molecule has 1 N–H and O–H groups in total. The number of hydrogen-bond donors (Lipinski definition) is 1. The van der Waals surface area contributed by atoms with E-state index < -0.39 is 0 Å². The van der Waals surface area contributed by atoms with Crippen molar-refractivity contribution in [1.29, 1.82) is 0 Å². The van der Waals surface area contributed by atoms with Crippen molar-refractivity contribution in [3.63, 3.8) is 0 Å². The van der Waals surface area contributed by atoms with Crippen molar-refractivity contribution < 1.29 is 19.1 Å². The Morgan fingerprint density at radius 2 is 1.93 bits per heavy atom. The average Bonchev–Trinajstić information content (AvgIpc) is 3.24. The molecule has 0 bridgehead atoms. The van der Waals surface area contributed by atoms with E-state index in [9.17, 15) is 9.59 Å². The van der Waals surface area contributed by atoms with Gasteiger partial charge in [0.25, 0.3) is 0 Å². The second kappa shape index (κ2) is 10.3. The van der Waals surface area contributed by atoms with Gasteiger partial charge in [-0.1, -0.05) is 24.3 Å². The highest BCUT2D eigenvalue weighted by molar-refractivity contribution is 5.95. The van der Waals surface area contributed by atoms with E-state index in [2.05, 4.69) is 5.32 Å². The van der Waals surface area contributed by atoms with Crippen LogP contribution in [0, 0.1) is 13.8 Å². The molecule has 1 unspecified atom stereocenters. The fourth-order valence-electron chi connectivity index (χ4n) is 3.57. The van der Waals surface area contributed by atoms with Gasteiger partial charge in [0.05, 0.1) is 26.2 Å². The Balaban J connectivity index is 1.68. The maximum Gasteiger partial charge on any atom is 0.244 e. The topological polar surface area (TPSA) is 67.9 Å². The van der Waals surface area contributed by atoms with Crippen LogP contribution < -0.4 is 10.1 Å². The lowest BCUT2D eigenvalue weighted by Crippen LogP contribution is -2.43. The highest BCUT2D eigenvalue weighted by atomic mass is 16.5. The van der Waals surface area contributed by atoms with Gasteiger partial charge in [0.2, 0.25) is 11.8 Å². The Morgan fingerprint density at radius 3 is 2.60 bits per heavy atom. The lowest BCUT2D eigenvalue weighted by Gasteiger charge is -2.25. The Morgan fingerprint density at radius 1 is 1.17 bits per heavy atom. The Bertz CT molecular complexity index is 873. The Hall–Kier alpha value is -2.86. The van der Waals surface area contributed by atoms with Gasteiger partial charge in [-0.3, -0.25) is 9.59 Å². The zero-order chi connectivity index (χ0) is 21.5. The van der Waals surface area contributed by atoms with Crippen LogP contribution in [0.1, 0.15) is 29.5 Å². The zero-order valence-corrected chi connectivity index (χ0v) is 17.9. The molecule has 3 rings (SSSR count). The maximum absolute atomic E-state index is 13.0. The smallest absolute Gasteiger partial charge is 0.244 e. The number of amides is 2. The predicted molar refractivity (Wildman–Crippen MR) is 117 cm³/mol. The molecule has 2 aromatic rings. The normalized spacial score (nSPS) is 15.6. The van der Waals surface area contributed by atoms with Gasteiger partial charge in [-0.25, -0.2) is 0 Å². The third kappa shape index (κ3) is 5.83. The summed E-state index contributed by atoms with van der Waals surface area (Å²) in [6.45, 7) is 5.12. The van der Waals surface area contributed by atoms with Crippen molar-refractivity contribution in [2.45, 2.75) is 39.2 Å². The first-order chi connectivity index (χ1) is 14.5. The van der Waals surface area contributed by atoms with Crippen LogP contribution in [0.2, 0.25) is 0 Å². The number of carbonyl (C=O) groups is 2. The molecule has 1 fully saturated rings. The summed E-state index contributed by atoms with van der Waals surface area (Å²) in [7, 11) is 1.61. The summed E-state index contributed by atoms with van der Waals surface area (Å²) in [4.78, 5) is 27.4. The van der Waals surface area contributed by atoms with Crippen molar-refractivity contribution in [3.8, 4) is 5.75 Å². The SMILES string of the molecule is COc1ccc(CC(=O)N(CC(=O)Nc2cccc(C)c2C)CC2CCCO2)cc1. The van der Waals surface area contributed by atoms with Crippen molar-refractivity contribution in [2.75, 3.05) is 32.1 Å². The second-order valence-corrected chi connectivity index (χ2v) is 7.73. The summed E-state index contributed by atoms with van der Waals surface area (Å²) < 4.78 is 10.9. The third-order valence-corrected chi connectivity index (χ3v) is 5.53. The van der Waals surface area contributed by atoms with Crippen LogP contribution in [0.4, 0.5) is 5.69 Å². The fourth-order valence-corrected chi connectivity index (χ4v) is 3.57. The van der Waals surface area contributed by atoms with E-state index in [1.807, 2.05) is 56.3 Å². The summed E-state index contributed by atoms with van der Waals surface area (Å²) in [5.74, 6) is 0.451. The van der Waals surface area contributed by atoms with E-state index in [1.165, 1.54) is 0 Å². The molecule has 1 atom stereocenters. The fraction of sp³-hybridized carbons (Fsp3) is 0.417. The molecule has 2 aromatic carbocycles. The quantitative estimate of drug-likeness (QED) is 0.723. The van der Waals surface area contributed by atoms with Gasteiger partial charge in [-0.2, -0.15) is 0 Å². The van der Waals surface area contributed by atoms with E-state index in [1.54, 1.807) is 12.0 Å². The molecule has 1 aliphatic rings. The first-order valence-corrected chi connectivity index (χ1v) is 10.3. The second-order valence-electron chi connectivity index (χ2n) is 7.73. The highest BCUT2D eigenvalue weighted by Gasteiger charge is 2.24. The summed E-state index contributed by atoms with van der Waals surface area (Å²) in [6.07, 6.45) is 2.11. The molecule has 0 aromatic heterocycles. The molecule has 0 saturated carbocycles. The van der Waals surface area contributed by atoms with E-state index in [4.69, 9.17) is 9.47 Å². The largest absolute Gasteiger partial charge is 0.497 e. The number of ether oxygens (including phenoxy) is 2. The van der Waals surface area contributed by atoms with Gasteiger partial charge in [-0.05, 0) is 61.6 Å². The molecule has 0 spiro atoms. The van der Waals surface area contributed by atoms with Gasteiger partial charge < -0.3 is 19.7 Å². The lowest BCUT2D eigenvalue weighted by atomic mass is 10.1. The van der Waals surface area contributed by atoms with Crippen LogP contribution in [-0.4, -0.2) is 49.6 Å². The molecule has 1 saturated heterocycles. The van der Waals surface area contributed by atoms with Gasteiger partial charge in [0.1, 0.15) is 5.75 Å². The van der Waals surface area contributed by atoms with E-state index in [0.717, 1.165) is 41.0 Å². The number of nitrogens with one attached hydrogen (secondary N) is 1. The van der Waals surface area contributed by atoms with Crippen molar-refractivity contribution >= 4 is 17.5 Å². The first-order valence-electron chi connectivity index (χ1n) is 10.3. The van der Waals surface area contributed by atoms with Crippen LogP contribution in [0.3, 0.4) is 0 Å². The number of anilines is 1.